The fraction of sp³-hybridized carbons (Fsp3) is 0.263. The zero-order chi connectivity index (χ0) is 17.5. The van der Waals surface area contributed by atoms with Crippen molar-refractivity contribution < 1.29 is 9.59 Å². The van der Waals surface area contributed by atoms with Crippen molar-refractivity contribution in [2.75, 3.05) is 26.0 Å². The second-order valence-corrected chi connectivity index (χ2v) is 5.71. The lowest BCUT2D eigenvalue weighted by atomic mass is 10.1. The van der Waals surface area contributed by atoms with Crippen molar-refractivity contribution in [1.29, 1.82) is 0 Å². The van der Waals surface area contributed by atoms with Crippen molar-refractivity contribution in [2.45, 2.75) is 13.5 Å². The lowest BCUT2D eigenvalue weighted by Crippen LogP contribution is -2.21. The Morgan fingerprint density at radius 1 is 1.00 bits per heavy atom. The highest BCUT2D eigenvalue weighted by molar-refractivity contribution is 6.05. The van der Waals surface area contributed by atoms with E-state index in [1.165, 1.54) is 4.90 Å². The number of hydrogen-bond donors (Lipinski definition) is 2. The average Bonchev–Trinajstić information content (AvgIpc) is 2.59. The number of nitrogens with one attached hydrogen (secondary N) is 2. The Labute approximate surface area is 142 Å². The molecule has 0 aliphatic heterocycles. The van der Waals surface area contributed by atoms with E-state index in [4.69, 9.17) is 0 Å². The fourth-order valence-corrected chi connectivity index (χ4v) is 2.25. The van der Waals surface area contributed by atoms with E-state index in [0.29, 0.717) is 11.1 Å². The van der Waals surface area contributed by atoms with E-state index in [9.17, 15) is 9.59 Å². The molecule has 0 fully saturated rings. The van der Waals surface area contributed by atoms with Crippen LogP contribution < -0.4 is 10.6 Å². The van der Waals surface area contributed by atoms with Crippen LogP contribution in [0, 0.1) is 0 Å². The van der Waals surface area contributed by atoms with Gasteiger partial charge in [-0.3, -0.25) is 9.59 Å². The molecule has 2 rings (SSSR count). The van der Waals surface area contributed by atoms with Gasteiger partial charge in [-0.1, -0.05) is 19.1 Å². The molecule has 5 heteroatoms. The number of rotatable bonds is 6. The molecule has 0 heterocycles. The Morgan fingerprint density at radius 2 is 1.67 bits per heavy atom. The molecule has 0 saturated carbocycles. The maximum atomic E-state index is 12.3. The van der Waals surface area contributed by atoms with Crippen molar-refractivity contribution in [1.82, 2.24) is 10.2 Å². The summed E-state index contributed by atoms with van der Waals surface area (Å²) in [7, 11) is 3.40. The largest absolute Gasteiger partial charge is 0.345 e. The van der Waals surface area contributed by atoms with Gasteiger partial charge in [-0.2, -0.15) is 0 Å². The number of anilines is 1. The monoisotopic (exact) mass is 325 g/mol. The quantitative estimate of drug-likeness (QED) is 0.858. The molecule has 126 valence electrons. The van der Waals surface area contributed by atoms with E-state index in [1.54, 1.807) is 38.4 Å². The molecule has 0 bridgehead atoms. The van der Waals surface area contributed by atoms with Gasteiger partial charge in [0.2, 0.25) is 0 Å². The van der Waals surface area contributed by atoms with E-state index in [-0.39, 0.29) is 11.8 Å². The summed E-state index contributed by atoms with van der Waals surface area (Å²) >= 11 is 0. The van der Waals surface area contributed by atoms with Crippen LogP contribution in [0.2, 0.25) is 0 Å². The van der Waals surface area contributed by atoms with Gasteiger partial charge in [0.15, 0.2) is 0 Å². The van der Waals surface area contributed by atoms with Crippen LogP contribution in [0.15, 0.2) is 48.5 Å². The van der Waals surface area contributed by atoms with Gasteiger partial charge >= 0.3 is 0 Å². The number of carbonyl (C=O) groups excluding carboxylic acids is 2. The molecule has 2 N–H and O–H groups in total. The van der Waals surface area contributed by atoms with Crippen LogP contribution in [0.1, 0.15) is 33.2 Å². The Bertz CT molecular complexity index is 709. The minimum Gasteiger partial charge on any atom is -0.345 e. The first-order chi connectivity index (χ1) is 11.5. The van der Waals surface area contributed by atoms with Gasteiger partial charge in [0.25, 0.3) is 11.8 Å². The van der Waals surface area contributed by atoms with Crippen LogP contribution in [-0.4, -0.2) is 37.4 Å². The van der Waals surface area contributed by atoms with Crippen molar-refractivity contribution >= 4 is 17.5 Å². The van der Waals surface area contributed by atoms with Crippen LogP contribution in [0.25, 0.3) is 0 Å². The molecular formula is C19H23N3O2. The van der Waals surface area contributed by atoms with E-state index < -0.39 is 0 Å². The van der Waals surface area contributed by atoms with Crippen molar-refractivity contribution in [3.05, 3.63) is 65.2 Å². The third-order valence-corrected chi connectivity index (χ3v) is 3.56. The standard InChI is InChI=1S/C19H23N3O2/c1-4-20-13-14-6-5-7-17(12-14)21-18(23)15-8-10-16(11-9-15)19(24)22(2)3/h5-12,20H,4,13H2,1-3H3,(H,21,23). The lowest BCUT2D eigenvalue weighted by molar-refractivity contribution is 0.0827. The molecule has 0 aliphatic rings. The Balaban J connectivity index is 2.05. The van der Waals surface area contributed by atoms with Gasteiger partial charge in [-0.15, -0.1) is 0 Å². The number of carbonyl (C=O) groups is 2. The normalized spacial score (nSPS) is 10.3. The summed E-state index contributed by atoms with van der Waals surface area (Å²) in [5.74, 6) is -0.280. The Hall–Kier alpha value is -2.66. The number of benzene rings is 2. The minimum absolute atomic E-state index is 0.0851. The van der Waals surface area contributed by atoms with Crippen LogP contribution in [0.4, 0.5) is 5.69 Å². The van der Waals surface area contributed by atoms with E-state index in [2.05, 4.69) is 17.6 Å². The van der Waals surface area contributed by atoms with Crippen LogP contribution in [0.3, 0.4) is 0 Å². The summed E-state index contributed by atoms with van der Waals surface area (Å²) in [4.78, 5) is 25.7. The smallest absolute Gasteiger partial charge is 0.255 e. The predicted molar refractivity (Wildman–Crippen MR) is 96.2 cm³/mol. The summed E-state index contributed by atoms with van der Waals surface area (Å²) in [6, 6.07) is 14.4. The maximum absolute atomic E-state index is 12.3. The third kappa shape index (κ3) is 4.67. The van der Waals surface area contributed by atoms with Gasteiger partial charge in [-0.05, 0) is 48.5 Å². The molecule has 0 saturated heterocycles. The van der Waals surface area contributed by atoms with Gasteiger partial charge in [-0.25, -0.2) is 0 Å². The SMILES string of the molecule is CCNCc1cccc(NC(=O)c2ccc(C(=O)N(C)C)cc2)c1. The Morgan fingerprint density at radius 3 is 2.29 bits per heavy atom. The number of amides is 2. The predicted octanol–water partition coefficient (Wildman–Crippen LogP) is 2.75. The van der Waals surface area contributed by atoms with Crippen LogP contribution in [-0.2, 0) is 6.54 Å². The highest BCUT2D eigenvalue weighted by Crippen LogP contribution is 2.13. The number of nitrogens with zero attached hydrogens (tertiary/aromatic N) is 1. The van der Waals surface area contributed by atoms with Gasteiger partial charge in [0.1, 0.15) is 0 Å². The summed E-state index contributed by atoms with van der Waals surface area (Å²) in [5.41, 5.74) is 2.94. The minimum atomic E-state index is -0.195. The van der Waals surface area contributed by atoms with Crippen LogP contribution in [0.5, 0.6) is 0 Å². The molecule has 24 heavy (non-hydrogen) atoms. The second kappa shape index (κ2) is 8.26. The summed E-state index contributed by atoms with van der Waals surface area (Å²) in [6.07, 6.45) is 0. The first-order valence-corrected chi connectivity index (χ1v) is 7.94. The fourth-order valence-electron chi connectivity index (χ4n) is 2.25. The number of hydrogen-bond acceptors (Lipinski definition) is 3. The highest BCUT2D eigenvalue weighted by Gasteiger charge is 2.10. The first-order valence-electron chi connectivity index (χ1n) is 7.94. The van der Waals surface area contributed by atoms with Gasteiger partial charge in [0, 0.05) is 37.5 Å². The van der Waals surface area contributed by atoms with Crippen molar-refractivity contribution in [2.24, 2.45) is 0 Å². The molecule has 0 radical (unpaired) electrons. The summed E-state index contributed by atoms with van der Waals surface area (Å²) in [5, 5.41) is 6.14. The highest BCUT2D eigenvalue weighted by atomic mass is 16.2. The molecule has 0 unspecified atom stereocenters. The molecular weight excluding hydrogens is 302 g/mol. The molecule has 0 aromatic heterocycles. The molecule has 2 aromatic rings. The average molecular weight is 325 g/mol. The first kappa shape index (κ1) is 17.7. The van der Waals surface area contributed by atoms with Crippen LogP contribution >= 0.6 is 0 Å². The lowest BCUT2D eigenvalue weighted by Gasteiger charge is -2.11. The third-order valence-electron chi connectivity index (χ3n) is 3.56. The van der Waals surface area contributed by atoms with Crippen molar-refractivity contribution in [3.63, 3.8) is 0 Å². The zero-order valence-corrected chi connectivity index (χ0v) is 14.3. The van der Waals surface area contributed by atoms with Gasteiger partial charge < -0.3 is 15.5 Å². The maximum Gasteiger partial charge on any atom is 0.255 e. The molecule has 2 aromatic carbocycles. The summed E-state index contributed by atoms with van der Waals surface area (Å²) < 4.78 is 0. The zero-order valence-electron chi connectivity index (χ0n) is 14.3. The molecule has 5 nitrogen and oxygen atoms in total. The van der Waals surface area contributed by atoms with E-state index >= 15 is 0 Å². The Kier molecular flexibility index (Phi) is 6.09. The van der Waals surface area contributed by atoms with Crippen molar-refractivity contribution in [3.8, 4) is 0 Å². The van der Waals surface area contributed by atoms with E-state index in [1.807, 2.05) is 24.3 Å². The van der Waals surface area contributed by atoms with E-state index in [0.717, 1.165) is 24.3 Å². The van der Waals surface area contributed by atoms with Gasteiger partial charge in [0.05, 0.1) is 0 Å². The molecule has 0 aliphatic carbocycles. The second-order valence-electron chi connectivity index (χ2n) is 5.71. The molecule has 0 atom stereocenters. The molecule has 0 spiro atoms. The summed E-state index contributed by atoms with van der Waals surface area (Å²) in [6.45, 7) is 3.71. The molecule has 2 amide bonds. The topological polar surface area (TPSA) is 61.4 Å².